The van der Waals surface area contributed by atoms with Crippen molar-refractivity contribution in [3.8, 4) is 0 Å². The Labute approximate surface area is 142 Å². The van der Waals surface area contributed by atoms with Gasteiger partial charge < -0.3 is 14.5 Å². The first-order valence-electron chi connectivity index (χ1n) is 8.65. The first-order valence-corrected chi connectivity index (χ1v) is 8.65. The Morgan fingerprint density at radius 1 is 1.54 bits per heavy atom. The number of amides is 1. The second kappa shape index (κ2) is 7.57. The molecular formula is C18H26FN3O2. The number of hydrogen-bond acceptors (Lipinski definition) is 4. The third-order valence-corrected chi connectivity index (χ3v) is 5.00. The van der Waals surface area contributed by atoms with Gasteiger partial charge in [-0.05, 0) is 37.4 Å². The molecule has 1 aromatic heterocycles. The topological polar surface area (TPSA) is 45.7 Å². The van der Waals surface area contributed by atoms with E-state index in [1.54, 1.807) is 11.1 Å². The van der Waals surface area contributed by atoms with E-state index in [0.29, 0.717) is 19.0 Å². The van der Waals surface area contributed by atoms with E-state index in [2.05, 4.69) is 23.0 Å². The Hall–Kier alpha value is -1.53. The number of ether oxygens (including phenoxy) is 1. The van der Waals surface area contributed by atoms with E-state index >= 15 is 0 Å². The highest BCUT2D eigenvalue weighted by molar-refractivity contribution is 5.77. The molecule has 24 heavy (non-hydrogen) atoms. The molecule has 1 spiro atoms. The molecular weight excluding hydrogens is 309 g/mol. The highest BCUT2D eigenvalue weighted by atomic mass is 19.1. The number of pyridine rings is 1. The zero-order chi connectivity index (χ0) is 17.0. The predicted molar refractivity (Wildman–Crippen MR) is 89.2 cm³/mol. The van der Waals surface area contributed by atoms with E-state index in [9.17, 15) is 9.18 Å². The first kappa shape index (κ1) is 17.3. The highest BCUT2D eigenvalue weighted by Crippen LogP contribution is 2.36. The van der Waals surface area contributed by atoms with Crippen LogP contribution in [0.2, 0.25) is 0 Å². The molecule has 5 nitrogen and oxygen atoms in total. The minimum Gasteiger partial charge on any atom is -0.371 e. The number of rotatable bonds is 6. The standard InChI is InChI=1S/C18H26FN3O2/c1-21(10-15-3-2-8-20-9-15)11-16-4-6-18(24-12-16)13-22(14-18)17(23)5-7-19/h2-3,8-9,16H,4-7,10-14H2,1H3/t16-/m0/s1. The van der Waals surface area contributed by atoms with Crippen LogP contribution in [0.5, 0.6) is 0 Å². The summed E-state index contributed by atoms with van der Waals surface area (Å²) in [5, 5.41) is 0. The highest BCUT2D eigenvalue weighted by Gasteiger charge is 2.48. The smallest absolute Gasteiger partial charge is 0.225 e. The van der Waals surface area contributed by atoms with E-state index in [4.69, 9.17) is 4.74 Å². The van der Waals surface area contributed by atoms with Crippen LogP contribution in [0, 0.1) is 5.92 Å². The number of nitrogens with zero attached hydrogens (tertiary/aromatic N) is 3. The lowest BCUT2D eigenvalue weighted by Crippen LogP contribution is -2.66. The van der Waals surface area contributed by atoms with Crippen molar-refractivity contribution in [1.29, 1.82) is 0 Å². The number of carbonyl (C=O) groups is 1. The maximum absolute atomic E-state index is 12.2. The Bertz CT molecular complexity index is 538. The molecule has 0 saturated carbocycles. The van der Waals surface area contributed by atoms with Crippen LogP contribution in [0.3, 0.4) is 0 Å². The zero-order valence-corrected chi connectivity index (χ0v) is 14.3. The van der Waals surface area contributed by atoms with Gasteiger partial charge in [0.2, 0.25) is 5.91 Å². The van der Waals surface area contributed by atoms with Gasteiger partial charge in [-0.15, -0.1) is 0 Å². The monoisotopic (exact) mass is 335 g/mol. The van der Waals surface area contributed by atoms with Crippen molar-refractivity contribution in [1.82, 2.24) is 14.8 Å². The van der Waals surface area contributed by atoms with Crippen LogP contribution in [0.4, 0.5) is 4.39 Å². The summed E-state index contributed by atoms with van der Waals surface area (Å²) in [4.78, 5) is 19.8. The molecule has 0 unspecified atom stereocenters. The van der Waals surface area contributed by atoms with Gasteiger partial charge in [0.1, 0.15) is 5.60 Å². The van der Waals surface area contributed by atoms with Gasteiger partial charge in [-0.3, -0.25) is 14.2 Å². The average molecular weight is 335 g/mol. The van der Waals surface area contributed by atoms with Crippen molar-refractivity contribution in [2.24, 2.45) is 5.92 Å². The molecule has 2 saturated heterocycles. The van der Waals surface area contributed by atoms with Gasteiger partial charge in [-0.1, -0.05) is 6.07 Å². The fourth-order valence-electron chi connectivity index (χ4n) is 3.68. The summed E-state index contributed by atoms with van der Waals surface area (Å²) in [5.74, 6) is 0.429. The van der Waals surface area contributed by atoms with Crippen molar-refractivity contribution >= 4 is 5.91 Å². The molecule has 3 rings (SSSR count). The lowest BCUT2D eigenvalue weighted by molar-refractivity contribution is -0.189. The Morgan fingerprint density at radius 2 is 2.38 bits per heavy atom. The predicted octanol–water partition coefficient (Wildman–Crippen LogP) is 1.88. The fraction of sp³-hybridized carbons (Fsp3) is 0.667. The van der Waals surface area contributed by atoms with E-state index in [0.717, 1.165) is 32.5 Å². The number of aromatic nitrogens is 1. The summed E-state index contributed by atoms with van der Waals surface area (Å²) in [6, 6.07) is 4.05. The van der Waals surface area contributed by atoms with E-state index in [1.165, 1.54) is 5.56 Å². The largest absolute Gasteiger partial charge is 0.371 e. The summed E-state index contributed by atoms with van der Waals surface area (Å²) in [7, 11) is 2.12. The zero-order valence-electron chi connectivity index (χ0n) is 14.3. The Balaban J connectivity index is 1.39. The van der Waals surface area contributed by atoms with Crippen molar-refractivity contribution < 1.29 is 13.9 Å². The van der Waals surface area contributed by atoms with Crippen LogP contribution >= 0.6 is 0 Å². The first-order chi connectivity index (χ1) is 11.6. The number of halogens is 1. The van der Waals surface area contributed by atoms with Crippen LogP contribution in [0.15, 0.2) is 24.5 Å². The second-order valence-corrected chi connectivity index (χ2v) is 7.15. The van der Waals surface area contributed by atoms with Gasteiger partial charge in [-0.2, -0.15) is 0 Å². The van der Waals surface area contributed by atoms with E-state index in [-0.39, 0.29) is 17.9 Å². The number of carbonyl (C=O) groups excluding carboxylic acids is 1. The van der Waals surface area contributed by atoms with Gasteiger partial charge in [0.25, 0.3) is 0 Å². The SMILES string of the molecule is CN(Cc1cccnc1)C[C@@H]1CCC2(CN(C(=O)CCF)C2)OC1. The van der Waals surface area contributed by atoms with Crippen molar-refractivity contribution in [3.05, 3.63) is 30.1 Å². The molecule has 6 heteroatoms. The molecule has 0 bridgehead atoms. The molecule has 0 aliphatic carbocycles. The number of alkyl halides is 1. The molecule has 132 valence electrons. The average Bonchev–Trinajstić information content (AvgIpc) is 2.54. The molecule has 1 aromatic rings. The molecule has 1 amide bonds. The van der Waals surface area contributed by atoms with Crippen LogP contribution in [-0.2, 0) is 16.1 Å². The van der Waals surface area contributed by atoms with Crippen LogP contribution in [0.25, 0.3) is 0 Å². The van der Waals surface area contributed by atoms with Crippen LogP contribution in [0.1, 0.15) is 24.8 Å². The summed E-state index contributed by atoms with van der Waals surface area (Å²) >= 11 is 0. The van der Waals surface area contributed by atoms with Gasteiger partial charge in [0, 0.05) is 25.5 Å². The van der Waals surface area contributed by atoms with E-state index in [1.807, 2.05) is 12.3 Å². The molecule has 0 aromatic carbocycles. The summed E-state index contributed by atoms with van der Waals surface area (Å²) in [6.07, 6.45) is 5.79. The normalized spacial score (nSPS) is 22.6. The molecule has 2 aliphatic rings. The third-order valence-electron chi connectivity index (χ3n) is 5.00. The molecule has 0 radical (unpaired) electrons. The van der Waals surface area contributed by atoms with Gasteiger partial charge >= 0.3 is 0 Å². The summed E-state index contributed by atoms with van der Waals surface area (Å²) < 4.78 is 18.3. The lowest BCUT2D eigenvalue weighted by atomic mass is 9.82. The maximum Gasteiger partial charge on any atom is 0.225 e. The van der Waals surface area contributed by atoms with Gasteiger partial charge in [-0.25, -0.2) is 0 Å². The summed E-state index contributed by atoms with van der Waals surface area (Å²) in [5.41, 5.74) is 1.05. The lowest BCUT2D eigenvalue weighted by Gasteiger charge is -2.53. The van der Waals surface area contributed by atoms with E-state index < -0.39 is 6.67 Å². The minimum absolute atomic E-state index is 0.00214. The Kier molecular flexibility index (Phi) is 5.46. The molecule has 1 atom stereocenters. The molecule has 2 aliphatic heterocycles. The third kappa shape index (κ3) is 4.11. The van der Waals surface area contributed by atoms with Gasteiger partial charge in [0.15, 0.2) is 0 Å². The van der Waals surface area contributed by atoms with Crippen molar-refractivity contribution in [2.45, 2.75) is 31.4 Å². The Morgan fingerprint density at radius 3 is 3.00 bits per heavy atom. The fourth-order valence-corrected chi connectivity index (χ4v) is 3.68. The maximum atomic E-state index is 12.2. The molecule has 2 fully saturated rings. The number of likely N-dealkylation sites (tertiary alicyclic amines) is 1. The van der Waals surface area contributed by atoms with Gasteiger partial charge in [0.05, 0.1) is 32.8 Å². The molecule has 0 N–H and O–H groups in total. The quantitative estimate of drug-likeness (QED) is 0.796. The van der Waals surface area contributed by atoms with Crippen LogP contribution in [-0.4, -0.2) is 66.3 Å². The minimum atomic E-state index is -0.575. The molecule has 3 heterocycles. The number of hydrogen-bond donors (Lipinski definition) is 0. The van der Waals surface area contributed by atoms with Crippen molar-refractivity contribution in [3.63, 3.8) is 0 Å². The van der Waals surface area contributed by atoms with Crippen molar-refractivity contribution in [2.75, 3.05) is 40.0 Å². The summed E-state index contributed by atoms with van der Waals surface area (Å²) in [6.45, 7) is 3.31. The second-order valence-electron chi connectivity index (χ2n) is 7.15. The van der Waals surface area contributed by atoms with Crippen LogP contribution < -0.4 is 0 Å².